The van der Waals surface area contributed by atoms with Crippen molar-refractivity contribution in [2.75, 3.05) is 6.61 Å². The molecule has 1 aromatic rings. The standard InChI is InChI=1S/C10H8Br2F2O2/c1-2-16-10(15)6-4-3-5(9(11)12)7(13)8(6)14/h3-4,9H,2H2,1H3. The molecule has 0 amide bonds. The van der Waals surface area contributed by atoms with Gasteiger partial charge in [-0.2, -0.15) is 0 Å². The first-order valence-electron chi connectivity index (χ1n) is 4.42. The van der Waals surface area contributed by atoms with Crippen LogP contribution in [0, 0.1) is 11.6 Å². The number of hydrogen-bond donors (Lipinski definition) is 0. The number of alkyl halides is 2. The molecular weight excluding hydrogens is 350 g/mol. The maximum Gasteiger partial charge on any atom is 0.341 e. The zero-order chi connectivity index (χ0) is 12.3. The van der Waals surface area contributed by atoms with Gasteiger partial charge < -0.3 is 4.74 Å². The van der Waals surface area contributed by atoms with Crippen LogP contribution in [-0.4, -0.2) is 12.6 Å². The fourth-order valence-corrected chi connectivity index (χ4v) is 1.81. The summed E-state index contributed by atoms with van der Waals surface area (Å²) in [6, 6.07) is 2.51. The molecule has 0 radical (unpaired) electrons. The summed E-state index contributed by atoms with van der Waals surface area (Å²) in [5, 5.41) is 0. The molecule has 0 saturated carbocycles. The number of carbonyl (C=O) groups excluding carboxylic acids is 1. The second kappa shape index (κ2) is 5.72. The monoisotopic (exact) mass is 356 g/mol. The van der Waals surface area contributed by atoms with E-state index in [0.717, 1.165) is 0 Å². The van der Waals surface area contributed by atoms with Gasteiger partial charge in [-0.05, 0) is 13.0 Å². The number of ether oxygens (including phenoxy) is 1. The highest BCUT2D eigenvalue weighted by Gasteiger charge is 2.21. The van der Waals surface area contributed by atoms with Gasteiger partial charge in [-0.1, -0.05) is 37.9 Å². The molecule has 0 heterocycles. The predicted molar refractivity (Wildman–Crippen MR) is 62.9 cm³/mol. The zero-order valence-electron chi connectivity index (χ0n) is 8.27. The molecule has 0 aliphatic carbocycles. The lowest BCUT2D eigenvalue weighted by Crippen LogP contribution is -2.09. The Morgan fingerprint density at radius 1 is 1.38 bits per heavy atom. The zero-order valence-corrected chi connectivity index (χ0v) is 11.4. The third-order valence-corrected chi connectivity index (χ3v) is 2.83. The Bertz CT molecular complexity index is 408. The molecule has 0 unspecified atom stereocenters. The fourth-order valence-electron chi connectivity index (χ4n) is 1.10. The highest BCUT2D eigenvalue weighted by molar-refractivity contribution is 9.24. The summed E-state index contributed by atoms with van der Waals surface area (Å²) in [6.45, 7) is 1.70. The second-order valence-electron chi connectivity index (χ2n) is 2.85. The van der Waals surface area contributed by atoms with E-state index < -0.39 is 26.9 Å². The van der Waals surface area contributed by atoms with Crippen molar-refractivity contribution in [1.82, 2.24) is 0 Å². The van der Waals surface area contributed by atoms with Crippen molar-refractivity contribution in [3.8, 4) is 0 Å². The Labute approximate surface area is 108 Å². The van der Waals surface area contributed by atoms with Crippen molar-refractivity contribution in [2.45, 2.75) is 10.7 Å². The molecule has 0 bridgehead atoms. The van der Waals surface area contributed by atoms with Gasteiger partial charge in [-0.15, -0.1) is 0 Å². The van der Waals surface area contributed by atoms with E-state index in [1.807, 2.05) is 0 Å². The largest absolute Gasteiger partial charge is 0.462 e. The summed E-state index contributed by atoms with van der Waals surface area (Å²) in [5.74, 6) is -3.13. The van der Waals surface area contributed by atoms with Crippen LogP contribution in [0.3, 0.4) is 0 Å². The molecule has 16 heavy (non-hydrogen) atoms. The van der Waals surface area contributed by atoms with E-state index in [9.17, 15) is 13.6 Å². The molecule has 0 atom stereocenters. The fraction of sp³-hybridized carbons (Fsp3) is 0.300. The van der Waals surface area contributed by atoms with Crippen molar-refractivity contribution in [3.63, 3.8) is 0 Å². The van der Waals surface area contributed by atoms with Crippen molar-refractivity contribution >= 4 is 37.8 Å². The van der Waals surface area contributed by atoms with Crippen molar-refractivity contribution < 1.29 is 18.3 Å². The molecule has 2 nitrogen and oxygen atoms in total. The van der Waals surface area contributed by atoms with Crippen LogP contribution >= 0.6 is 31.9 Å². The molecule has 0 N–H and O–H groups in total. The average molecular weight is 358 g/mol. The maximum atomic E-state index is 13.5. The van der Waals surface area contributed by atoms with E-state index in [4.69, 9.17) is 0 Å². The molecule has 0 aliphatic heterocycles. The summed E-state index contributed by atoms with van der Waals surface area (Å²) >= 11 is 6.11. The minimum atomic E-state index is -1.19. The molecule has 88 valence electrons. The van der Waals surface area contributed by atoms with Gasteiger partial charge in [0, 0.05) is 5.56 Å². The number of halogens is 4. The Balaban J connectivity index is 3.16. The summed E-state index contributed by atoms with van der Waals surface area (Å²) in [7, 11) is 0. The van der Waals surface area contributed by atoms with E-state index in [2.05, 4.69) is 36.6 Å². The molecule has 6 heteroatoms. The molecule has 0 aromatic heterocycles. The highest BCUT2D eigenvalue weighted by atomic mass is 79.9. The van der Waals surface area contributed by atoms with Gasteiger partial charge in [-0.25, -0.2) is 13.6 Å². The summed E-state index contributed by atoms with van der Waals surface area (Å²) in [5.41, 5.74) is -0.311. The maximum absolute atomic E-state index is 13.5. The van der Waals surface area contributed by atoms with Crippen LogP contribution in [0.25, 0.3) is 0 Å². The van der Waals surface area contributed by atoms with Gasteiger partial charge in [0.1, 0.15) is 0 Å². The lowest BCUT2D eigenvalue weighted by Gasteiger charge is -2.08. The number of hydrogen-bond acceptors (Lipinski definition) is 2. The van der Waals surface area contributed by atoms with Crippen LogP contribution in [0.4, 0.5) is 8.78 Å². The van der Waals surface area contributed by atoms with Crippen LogP contribution in [0.5, 0.6) is 0 Å². The summed E-state index contributed by atoms with van der Waals surface area (Å²) in [6.07, 6.45) is 0. The quantitative estimate of drug-likeness (QED) is 0.605. The second-order valence-corrected chi connectivity index (χ2v) is 5.91. The lowest BCUT2D eigenvalue weighted by molar-refractivity contribution is 0.0520. The number of benzene rings is 1. The van der Waals surface area contributed by atoms with E-state index in [-0.39, 0.29) is 12.2 Å². The van der Waals surface area contributed by atoms with Gasteiger partial charge >= 0.3 is 5.97 Å². The van der Waals surface area contributed by atoms with Crippen molar-refractivity contribution in [2.24, 2.45) is 0 Å². The molecular formula is C10H8Br2F2O2. The van der Waals surface area contributed by atoms with E-state index >= 15 is 0 Å². The third kappa shape index (κ3) is 2.79. The summed E-state index contributed by atoms with van der Waals surface area (Å²) < 4.78 is 31.0. The first-order valence-corrected chi connectivity index (χ1v) is 6.25. The van der Waals surface area contributed by atoms with Gasteiger partial charge in [0.25, 0.3) is 0 Å². The first kappa shape index (κ1) is 13.6. The van der Waals surface area contributed by atoms with E-state index in [1.54, 1.807) is 6.92 Å². The van der Waals surface area contributed by atoms with Gasteiger partial charge in [-0.3, -0.25) is 0 Å². The minimum absolute atomic E-state index is 0.0885. The SMILES string of the molecule is CCOC(=O)c1ccc(C(Br)Br)c(F)c1F. The third-order valence-electron chi connectivity index (χ3n) is 1.84. The van der Waals surface area contributed by atoms with Crippen LogP contribution in [0.1, 0.15) is 26.6 Å². The Morgan fingerprint density at radius 2 is 2.00 bits per heavy atom. The summed E-state index contributed by atoms with van der Waals surface area (Å²) in [4.78, 5) is 11.2. The molecule has 0 saturated heterocycles. The van der Waals surface area contributed by atoms with Crippen LogP contribution in [0.15, 0.2) is 12.1 Å². The molecule has 0 aliphatic rings. The normalized spacial score (nSPS) is 10.6. The Morgan fingerprint density at radius 3 is 2.50 bits per heavy atom. The van der Waals surface area contributed by atoms with Gasteiger partial charge in [0.05, 0.1) is 15.9 Å². The Hall–Kier alpha value is -0.490. The predicted octanol–water partition coefficient (Wildman–Crippen LogP) is 3.93. The average Bonchev–Trinajstić information content (AvgIpc) is 2.21. The molecule has 1 aromatic carbocycles. The topological polar surface area (TPSA) is 26.3 Å². The smallest absolute Gasteiger partial charge is 0.341 e. The van der Waals surface area contributed by atoms with Gasteiger partial charge in [0.15, 0.2) is 11.6 Å². The number of esters is 1. The molecule has 0 fully saturated rings. The Kier molecular flexibility index (Phi) is 4.86. The number of rotatable bonds is 3. The van der Waals surface area contributed by atoms with Crippen molar-refractivity contribution in [3.05, 3.63) is 34.9 Å². The first-order chi connectivity index (χ1) is 7.49. The number of carbonyl (C=O) groups is 1. The lowest BCUT2D eigenvalue weighted by atomic mass is 10.1. The van der Waals surface area contributed by atoms with Crippen LogP contribution < -0.4 is 0 Å². The van der Waals surface area contributed by atoms with Crippen LogP contribution in [-0.2, 0) is 4.74 Å². The molecule has 1 rings (SSSR count). The highest BCUT2D eigenvalue weighted by Crippen LogP contribution is 2.32. The van der Waals surface area contributed by atoms with E-state index in [0.29, 0.717) is 0 Å². The van der Waals surface area contributed by atoms with Crippen LogP contribution in [0.2, 0.25) is 0 Å². The van der Waals surface area contributed by atoms with Gasteiger partial charge in [0.2, 0.25) is 0 Å². The minimum Gasteiger partial charge on any atom is -0.462 e. The van der Waals surface area contributed by atoms with E-state index in [1.165, 1.54) is 12.1 Å². The van der Waals surface area contributed by atoms with Crippen molar-refractivity contribution in [1.29, 1.82) is 0 Å². The molecule has 0 spiro atoms.